The van der Waals surface area contributed by atoms with E-state index in [4.69, 9.17) is 9.47 Å². The second-order valence-corrected chi connectivity index (χ2v) is 3.96. The van der Waals surface area contributed by atoms with Crippen LogP contribution in [-0.2, 0) is 14.3 Å². The lowest BCUT2D eigenvalue weighted by atomic mass is 10.1. The van der Waals surface area contributed by atoms with Gasteiger partial charge in [0.25, 0.3) is 0 Å². The van der Waals surface area contributed by atoms with E-state index in [0.29, 0.717) is 18.9 Å². The molecule has 0 aromatic carbocycles. The molecule has 1 saturated heterocycles. The van der Waals surface area contributed by atoms with E-state index in [-0.39, 0.29) is 6.29 Å². The van der Waals surface area contributed by atoms with Gasteiger partial charge in [-0.2, -0.15) is 0 Å². The topological polar surface area (TPSA) is 35.5 Å². The number of hydrogen-bond acceptors (Lipinski definition) is 3. The minimum Gasteiger partial charge on any atom is -0.353 e. The fourth-order valence-corrected chi connectivity index (χ4v) is 1.53. The average Bonchev–Trinajstić information content (AvgIpc) is 2.20. The number of hydrogen-bond donors (Lipinski definition) is 0. The molecule has 3 heteroatoms. The molecule has 0 aromatic heterocycles. The lowest BCUT2D eigenvalue weighted by molar-refractivity contribution is -0.163. The number of ether oxygens (including phenoxy) is 2. The summed E-state index contributed by atoms with van der Waals surface area (Å²) >= 11 is 0. The second kappa shape index (κ2) is 6.96. The van der Waals surface area contributed by atoms with Crippen LogP contribution < -0.4 is 0 Å². The standard InChI is InChI=1S/C11H20O3/c1-10(5-7-12)6-9-14-11-4-2-3-8-13-11/h7,10-11H,2-6,8-9H2,1H3/t10-,11-/m1/s1. The second-order valence-electron chi connectivity index (χ2n) is 3.96. The van der Waals surface area contributed by atoms with Gasteiger partial charge in [-0.1, -0.05) is 6.92 Å². The van der Waals surface area contributed by atoms with Crippen LogP contribution in [0, 0.1) is 5.92 Å². The Morgan fingerprint density at radius 3 is 3.07 bits per heavy atom. The van der Waals surface area contributed by atoms with Crippen LogP contribution in [0.15, 0.2) is 0 Å². The number of rotatable bonds is 6. The average molecular weight is 200 g/mol. The molecule has 2 atom stereocenters. The molecule has 0 saturated carbocycles. The van der Waals surface area contributed by atoms with E-state index in [1.165, 1.54) is 6.42 Å². The Bertz CT molecular complexity index is 153. The monoisotopic (exact) mass is 200 g/mol. The molecule has 1 fully saturated rings. The summed E-state index contributed by atoms with van der Waals surface area (Å²) < 4.78 is 11.0. The summed E-state index contributed by atoms with van der Waals surface area (Å²) in [5.41, 5.74) is 0. The Morgan fingerprint density at radius 1 is 1.57 bits per heavy atom. The molecule has 1 aliphatic heterocycles. The SMILES string of the molecule is C[C@H](CC=O)CCO[C@@H]1CCCCO1. The molecule has 14 heavy (non-hydrogen) atoms. The Balaban J connectivity index is 1.99. The van der Waals surface area contributed by atoms with Crippen molar-refractivity contribution < 1.29 is 14.3 Å². The first-order chi connectivity index (χ1) is 6.83. The molecule has 1 aliphatic rings. The first-order valence-corrected chi connectivity index (χ1v) is 5.49. The molecule has 0 amide bonds. The van der Waals surface area contributed by atoms with Gasteiger partial charge in [0, 0.05) is 19.6 Å². The van der Waals surface area contributed by atoms with Crippen molar-refractivity contribution in [1.29, 1.82) is 0 Å². The quantitative estimate of drug-likeness (QED) is 0.616. The summed E-state index contributed by atoms with van der Waals surface area (Å²) in [5, 5.41) is 0. The molecule has 0 aliphatic carbocycles. The fraction of sp³-hybridized carbons (Fsp3) is 0.909. The van der Waals surface area contributed by atoms with E-state index < -0.39 is 0 Å². The lowest BCUT2D eigenvalue weighted by Crippen LogP contribution is -2.23. The minimum atomic E-state index is 0.00665. The zero-order valence-electron chi connectivity index (χ0n) is 8.91. The third-order valence-corrected chi connectivity index (χ3v) is 2.55. The smallest absolute Gasteiger partial charge is 0.157 e. The Labute approximate surface area is 85.8 Å². The first-order valence-electron chi connectivity index (χ1n) is 5.49. The molecule has 1 rings (SSSR count). The zero-order chi connectivity index (χ0) is 10.2. The molecule has 1 heterocycles. The maximum atomic E-state index is 10.2. The third kappa shape index (κ3) is 4.72. The summed E-state index contributed by atoms with van der Waals surface area (Å²) in [4.78, 5) is 10.2. The van der Waals surface area contributed by atoms with Crippen LogP contribution in [0.2, 0.25) is 0 Å². The Morgan fingerprint density at radius 2 is 2.43 bits per heavy atom. The fourth-order valence-electron chi connectivity index (χ4n) is 1.53. The molecule has 0 unspecified atom stereocenters. The van der Waals surface area contributed by atoms with E-state index in [2.05, 4.69) is 6.92 Å². The van der Waals surface area contributed by atoms with Gasteiger partial charge < -0.3 is 14.3 Å². The van der Waals surface area contributed by atoms with Crippen molar-refractivity contribution in [3.05, 3.63) is 0 Å². The number of aldehydes is 1. The highest BCUT2D eigenvalue weighted by atomic mass is 16.7. The van der Waals surface area contributed by atoms with Crippen LogP contribution >= 0.6 is 0 Å². The predicted octanol–water partition coefficient (Wildman–Crippen LogP) is 2.14. The number of carbonyl (C=O) groups is 1. The van der Waals surface area contributed by atoms with E-state index in [1.807, 2.05) is 0 Å². The molecule has 0 radical (unpaired) electrons. The van der Waals surface area contributed by atoms with E-state index in [9.17, 15) is 4.79 Å². The Kier molecular flexibility index (Phi) is 5.80. The van der Waals surface area contributed by atoms with Gasteiger partial charge in [-0.05, 0) is 31.6 Å². The largest absolute Gasteiger partial charge is 0.353 e. The van der Waals surface area contributed by atoms with Gasteiger partial charge in [0.15, 0.2) is 6.29 Å². The molecule has 0 spiro atoms. The van der Waals surface area contributed by atoms with Crippen LogP contribution in [0.5, 0.6) is 0 Å². The zero-order valence-corrected chi connectivity index (χ0v) is 8.91. The lowest BCUT2D eigenvalue weighted by Gasteiger charge is -2.23. The van der Waals surface area contributed by atoms with Crippen molar-refractivity contribution in [2.45, 2.75) is 45.3 Å². The molecule has 0 bridgehead atoms. The van der Waals surface area contributed by atoms with Crippen LogP contribution in [0.25, 0.3) is 0 Å². The van der Waals surface area contributed by atoms with Gasteiger partial charge in [0.1, 0.15) is 6.29 Å². The summed E-state index contributed by atoms with van der Waals surface area (Å²) in [6.07, 6.45) is 5.93. The van der Waals surface area contributed by atoms with Crippen molar-refractivity contribution in [2.75, 3.05) is 13.2 Å². The van der Waals surface area contributed by atoms with E-state index >= 15 is 0 Å². The van der Waals surface area contributed by atoms with Crippen LogP contribution in [0.3, 0.4) is 0 Å². The van der Waals surface area contributed by atoms with Gasteiger partial charge in [-0.3, -0.25) is 0 Å². The molecular weight excluding hydrogens is 180 g/mol. The van der Waals surface area contributed by atoms with E-state index in [0.717, 1.165) is 32.2 Å². The van der Waals surface area contributed by atoms with Gasteiger partial charge in [-0.15, -0.1) is 0 Å². The minimum absolute atomic E-state index is 0.00665. The highest BCUT2D eigenvalue weighted by Gasteiger charge is 2.13. The summed E-state index contributed by atoms with van der Waals surface area (Å²) in [6, 6.07) is 0. The molecule has 0 aromatic rings. The Hall–Kier alpha value is -0.410. The maximum absolute atomic E-state index is 10.2. The van der Waals surface area contributed by atoms with Gasteiger partial charge in [-0.25, -0.2) is 0 Å². The highest BCUT2D eigenvalue weighted by molar-refractivity contribution is 5.49. The van der Waals surface area contributed by atoms with Crippen LogP contribution in [0.4, 0.5) is 0 Å². The van der Waals surface area contributed by atoms with Gasteiger partial charge in [0.2, 0.25) is 0 Å². The molecule has 0 N–H and O–H groups in total. The van der Waals surface area contributed by atoms with Crippen molar-refractivity contribution in [1.82, 2.24) is 0 Å². The first kappa shape index (κ1) is 11.7. The number of carbonyl (C=O) groups excluding carboxylic acids is 1. The molecular formula is C11H20O3. The van der Waals surface area contributed by atoms with E-state index in [1.54, 1.807) is 0 Å². The van der Waals surface area contributed by atoms with Gasteiger partial charge >= 0.3 is 0 Å². The summed E-state index contributed by atoms with van der Waals surface area (Å²) in [5.74, 6) is 0.427. The van der Waals surface area contributed by atoms with Crippen LogP contribution in [-0.4, -0.2) is 25.8 Å². The third-order valence-electron chi connectivity index (χ3n) is 2.55. The van der Waals surface area contributed by atoms with Gasteiger partial charge in [0.05, 0.1) is 0 Å². The van der Waals surface area contributed by atoms with Crippen molar-refractivity contribution in [2.24, 2.45) is 5.92 Å². The highest BCUT2D eigenvalue weighted by Crippen LogP contribution is 2.15. The predicted molar refractivity (Wildman–Crippen MR) is 54.0 cm³/mol. The van der Waals surface area contributed by atoms with Crippen molar-refractivity contribution in [3.63, 3.8) is 0 Å². The molecule has 82 valence electrons. The maximum Gasteiger partial charge on any atom is 0.157 e. The van der Waals surface area contributed by atoms with Crippen LogP contribution in [0.1, 0.15) is 39.0 Å². The normalized spacial score (nSPS) is 24.5. The van der Waals surface area contributed by atoms with Crippen molar-refractivity contribution >= 4 is 6.29 Å². The summed E-state index contributed by atoms with van der Waals surface area (Å²) in [6.45, 7) is 3.60. The molecule has 3 nitrogen and oxygen atoms in total. The van der Waals surface area contributed by atoms with Crippen molar-refractivity contribution in [3.8, 4) is 0 Å². The summed E-state index contributed by atoms with van der Waals surface area (Å²) in [7, 11) is 0.